The van der Waals surface area contributed by atoms with E-state index in [9.17, 15) is 0 Å². The van der Waals surface area contributed by atoms with Gasteiger partial charge in [-0.25, -0.2) is 9.97 Å². The first kappa shape index (κ1) is 37.7. The molecule has 13 rings (SSSR count). The van der Waals surface area contributed by atoms with Gasteiger partial charge >= 0.3 is 0 Å². The Morgan fingerprint density at radius 1 is 0.288 bits per heavy atom. The van der Waals surface area contributed by atoms with Gasteiger partial charge < -0.3 is 0 Å². The Labute approximate surface area is 382 Å². The van der Waals surface area contributed by atoms with Gasteiger partial charge in [0.15, 0.2) is 0 Å². The molecule has 11 aromatic carbocycles. The lowest BCUT2D eigenvalue weighted by molar-refractivity contribution is 1.10. The van der Waals surface area contributed by atoms with E-state index in [0.717, 1.165) is 89.6 Å². The van der Waals surface area contributed by atoms with Gasteiger partial charge in [0.2, 0.25) is 0 Å². The van der Waals surface area contributed by atoms with Gasteiger partial charge in [0.25, 0.3) is 0 Å². The number of hydrogen-bond acceptors (Lipinski definition) is 2. The van der Waals surface area contributed by atoms with E-state index in [2.05, 4.69) is 246 Å². The van der Waals surface area contributed by atoms with Crippen LogP contribution in [0, 0.1) is 0 Å². The number of imidazole rings is 2. The quantitative estimate of drug-likeness (QED) is 0.160. The third kappa shape index (κ3) is 6.22. The number of hydrogen-bond donors (Lipinski definition) is 0. The molecular formula is C62H40N4. The van der Waals surface area contributed by atoms with Crippen molar-refractivity contribution < 1.29 is 0 Å². The van der Waals surface area contributed by atoms with Gasteiger partial charge in [-0.1, -0.05) is 194 Å². The maximum Gasteiger partial charge on any atom is 0.145 e. The minimum atomic E-state index is 0.886. The molecule has 0 aliphatic rings. The topological polar surface area (TPSA) is 35.6 Å². The van der Waals surface area contributed by atoms with Crippen LogP contribution in [-0.4, -0.2) is 19.1 Å². The van der Waals surface area contributed by atoms with Gasteiger partial charge in [-0.2, -0.15) is 0 Å². The van der Waals surface area contributed by atoms with E-state index < -0.39 is 0 Å². The number of fused-ring (bicyclic) bond motifs is 5. The highest BCUT2D eigenvalue weighted by atomic mass is 15.1. The zero-order valence-corrected chi connectivity index (χ0v) is 35.9. The summed E-state index contributed by atoms with van der Waals surface area (Å²) < 4.78 is 4.64. The third-order valence-electron chi connectivity index (χ3n) is 13.1. The zero-order chi connectivity index (χ0) is 43.6. The number of rotatable bonds is 7. The molecule has 0 radical (unpaired) electrons. The zero-order valence-electron chi connectivity index (χ0n) is 35.9. The Morgan fingerprint density at radius 2 is 0.712 bits per heavy atom. The van der Waals surface area contributed by atoms with Crippen molar-refractivity contribution in [2.75, 3.05) is 0 Å². The molecule has 0 spiro atoms. The largest absolute Gasteiger partial charge is 0.292 e. The molecule has 0 saturated carbocycles. The molecule has 0 aliphatic carbocycles. The molecule has 0 fully saturated rings. The molecule has 0 amide bonds. The fraction of sp³-hybridized carbons (Fsp3) is 0. The molecule has 0 unspecified atom stereocenters. The van der Waals surface area contributed by atoms with Crippen LogP contribution < -0.4 is 0 Å². The van der Waals surface area contributed by atoms with Gasteiger partial charge in [0.05, 0.1) is 22.1 Å². The molecule has 308 valence electrons. The van der Waals surface area contributed by atoms with Gasteiger partial charge in [-0.15, -0.1) is 0 Å². The van der Waals surface area contributed by atoms with Crippen molar-refractivity contribution in [2.45, 2.75) is 0 Å². The van der Waals surface area contributed by atoms with Gasteiger partial charge in [-0.3, -0.25) is 9.13 Å². The molecule has 2 heterocycles. The lowest BCUT2D eigenvalue weighted by Crippen LogP contribution is -1.99. The van der Waals surface area contributed by atoms with Crippen molar-refractivity contribution in [2.24, 2.45) is 0 Å². The Balaban J connectivity index is 1.00. The highest BCUT2D eigenvalue weighted by Gasteiger charge is 2.25. The summed E-state index contributed by atoms with van der Waals surface area (Å²) in [6, 6.07) is 87.0. The average Bonchev–Trinajstić information content (AvgIpc) is 3.98. The molecule has 0 bridgehead atoms. The van der Waals surface area contributed by atoms with Crippen LogP contribution >= 0.6 is 0 Å². The van der Waals surface area contributed by atoms with Crippen LogP contribution in [0.3, 0.4) is 0 Å². The molecule has 0 atom stereocenters. The Bertz CT molecular complexity index is 3960. The SMILES string of the molecule is c1ccc(-n2c(-c3ccc(-c4ccc(-c5nc6c(-c7ccc8ccccc8c7)c7ccccc7c(-c7ccc8ccccc8c7)c6n5-c5ccccc5)cc4)cc3)nc3ccccc32)cc1. The van der Waals surface area contributed by atoms with E-state index >= 15 is 0 Å². The summed E-state index contributed by atoms with van der Waals surface area (Å²) in [4.78, 5) is 10.9. The summed E-state index contributed by atoms with van der Waals surface area (Å²) in [5, 5.41) is 7.19. The van der Waals surface area contributed by atoms with Gasteiger partial charge in [0.1, 0.15) is 11.6 Å². The fourth-order valence-corrected chi connectivity index (χ4v) is 9.98. The van der Waals surface area contributed by atoms with E-state index in [1.165, 1.54) is 32.3 Å². The summed E-state index contributed by atoms with van der Waals surface area (Å²) in [7, 11) is 0. The average molecular weight is 841 g/mol. The first-order valence-corrected chi connectivity index (χ1v) is 22.5. The second kappa shape index (κ2) is 15.4. The molecule has 66 heavy (non-hydrogen) atoms. The number of aromatic nitrogens is 4. The van der Waals surface area contributed by atoms with Gasteiger partial charge in [0, 0.05) is 33.6 Å². The maximum atomic E-state index is 5.77. The van der Waals surface area contributed by atoms with Crippen LogP contribution in [0.15, 0.2) is 243 Å². The van der Waals surface area contributed by atoms with Crippen LogP contribution in [0.2, 0.25) is 0 Å². The van der Waals surface area contributed by atoms with Crippen LogP contribution in [0.1, 0.15) is 0 Å². The van der Waals surface area contributed by atoms with E-state index in [0.29, 0.717) is 0 Å². The predicted molar refractivity (Wildman–Crippen MR) is 275 cm³/mol. The van der Waals surface area contributed by atoms with Crippen molar-refractivity contribution in [1.82, 2.24) is 19.1 Å². The number of nitrogens with zero attached hydrogens (tertiary/aromatic N) is 4. The highest BCUT2D eigenvalue weighted by Crippen LogP contribution is 2.47. The Kier molecular flexibility index (Phi) is 8.81. The lowest BCUT2D eigenvalue weighted by Gasteiger charge is -2.18. The molecule has 0 N–H and O–H groups in total. The maximum absolute atomic E-state index is 5.77. The van der Waals surface area contributed by atoms with Crippen LogP contribution in [0.4, 0.5) is 0 Å². The third-order valence-corrected chi connectivity index (χ3v) is 13.1. The summed E-state index contributed by atoms with van der Waals surface area (Å²) >= 11 is 0. The molecule has 13 aromatic rings. The van der Waals surface area contributed by atoms with E-state index in [-0.39, 0.29) is 0 Å². The summed E-state index contributed by atoms with van der Waals surface area (Å²) in [5.41, 5.74) is 15.2. The molecule has 0 saturated heterocycles. The summed E-state index contributed by atoms with van der Waals surface area (Å²) in [6.07, 6.45) is 0. The molecule has 2 aromatic heterocycles. The summed E-state index contributed by atoms with van der Waals surface area (Å²) in [5.74, 6) is 1.81. The van der Waals surface area contributed by atoms with E-state index in [4.69, 9.17) is 9.97 Å². The van der Waals surface area contributed by atoms with Crippen molar-refractivity contribution in [3.8, 4) is 67.5 Å². The van der Waals surface area contributed by atoms with E-state index in [1.54, 1.807) is 0 Å². The van der Waals surface area contributed by atoms with Crippen molar-refractivity contribution in [1.29, 1.82) is 0 Å². The van der Waals surface area contributed by atoms with Crippen LogP contribution in [-0.2, 0) is 0 Å². The fourth-order valence-electron chi connectivity index (χ4n) is 9.98. The van der Waals surface area contributed by atoms with E-state index in [1.807, 2.05) is 6.07 Å². The normalized spacial score (nSPS) is 11.6. The lowest BCUT2D eigenvalue weighted by atomic mass is 9.89. The van der Waals surface area contributed by atoms with Crippen molar-refractivity contribution in [3.05, 3.63) is 243 Å². The predicted octanol–water partition coefficient (Wildman–Crippen LogP) is 16.2. The standard InChI is InChI=1S/C62H40N4/c1-3-19-51(20-4-1)65-56-26-14-13-25-55(56)63-61(65)45-33-27-43(28-34-45)44-29-35-46(36-30-44)62-64-59-57(49-37-31-41-15-7-9-17-47(41)39-49)53-23-11-12-24-54(53)58(60(59)66(62)52-21-5-2-6-22-52)50-38-32-42-16-8-10-18-48(42)40-50/h1-40H. The molecule has 4 heteroatoms. The van der Waals surface area contributed by atoms with Crippen molar-refractivity contribution >= 4 is 54.4 Å². The monoisotopic (exact) mass is 840 g/mol. The Hall–Kier alpha value is -8.86. The number of para-hydroxylation sites is 4. The van der Waals surface area contributed by atoms with Crippen LogP contribution in [0.25, 0.3) is 122 Å². The Morgan fingerprint density at radius 3 is 1.30 bits per heavy atom. The second-order valence-corrected chi connectivity index (χ2v) is 17.0. The minimum absolute atomic E-state index is 0.886. The first-order chi connectivity index (χ1) is 32.7. The van der Waals surface area contributed by atoms with Crippen molar-refractivity contribution in [3.63, 3.8) is 0 Å². The second-order valence-electron chi connectivity index (χ2n) is 17.0. The molecule has 0 aliphatic heterocycles. The van der Waals surface area contributed by atoms with Gasteiger partial charge in [-0.05, 0) is 103 Å². The van der Waals surface area contributed by atoms with Crippen LogP contribution in [0.5, 0.6) is 0 Å². The molecule has 4 nitrogen and oxygen atoms in total. The minimum Gasteiger partial charge on any atom is -0.292 e. The summed E-state index contributed by atoms with van der Waals surface area (Å²) in [6.45, 7) is 0. The highest BCUT2D eigenvalue weighted by molar-refractivity contribution is 6.21. The smallest absolute Gasteiger partial charge is 0.145 e. The first-order valence-electron chi connectivity index (χ1n) is 22.5. The number of benzene rings is 11. The molecular weight excluding hydrogens is 801 g/mol.